The van der Waals surface area contributed by atoms with Crippen LogP contribution in [0.25, 0.3) is 0 Å². The van der Waals surface area contributed by atoms with Crippen LogP contribution in [0, 0.1) is 5.41 Å². The maximum Gasteiger partial charge on any atom is 0.150 e. The van der Waals surface area contributed by atoms with E-state index in [1.54, 1.807) is 6.92 Å². The van der Waals surface area contributed by atoms with Crippen molar-refractivity contribution in [2.75, 3.05) is 19.8 Å². The molecule has 0 saturated carbocycles. The molecular formula is C19H30O5. The third-order valence-electron chi connectivity index (χ3n) is 3.93. The Hall–Kier alpha value is -1.56. The van der Waals surface area contributed by atoms with Crippen LogP contribution in [0.2, 0.25) is 0 Å². The molecule has 0 unspecified atom stereocenters. The highest BCUT2D eigenvalue weighted by atomic mass is 16.3. The minimum absolute atomic E-state index is 0.181. The van der Waals surface area contributed by atoms with Crippen LogP contribution in [-0.4, -0.2) is 47.7 Å². The van der Waals surface area contributed by atoms with Crippen LogP contribution in [-0.2, 0) is 0 Å². The van der Waals surface area contributed by atoms with Gasteiger partial charge in [-0.05, 0) is 35.1 Å². The standard InChI is InChI=1S/C14H18O2.C5H12O3/c1-9(2)13-5-12(8-16)14(10(3)4)6-11(13)7-15;1-5(2-6,3-7)4-8/h5-10H,1-4H3;6-8H,2-4H2,1H3. The number of aliphatic hydroxyl groups excluding tert-OH is 3. The summed E-state index contributed by atoms with van der Waals surface area (Å²) >= 11 is 0. The van der Waals surface area contributed by atoms with Gasteiger partial charge < -0.3 is 15.3 Å². The van der Waals surface area contributed by atoms with E-state index in [0.717, 1.165) is 23.7 Å². The lowest BCUT2D eigenvalue weighted by atomic mass is 9.89. The lowest BCUT2D eigenvalue weighted by molar-refractivity contribution is 0.0200. The fourth-order valence-corrected chi connectivity index (χ4v) is 2.02. The predicted molar refractivity (Wildman–Crippen MR) is 94.8 cm³/mol. The number of carbonyl (C=O) groups is 2. The minimum atomic E-state index is -0.708. The Morgan fingerprint density at radius 3 is 1.25 bits per heavy atom. The van der Waals surface area contributed by atoms with Crippen LogP contribution < -0.4 is 0 Å². The monoisotopic (exact) mass is 338 g/mol. The maximum atomic E-state index is 11.0. The molecule has 0 aliphatic heterocycles. The van der Waals surface area contributed by atoms with Gasteiger partial charge in [0, 0.05) is 16.5 Å². The molecule has 24 heavy (non-hydrogen) atoms. The number of aliphatic hydroxyl groups is 3. The lowest BCUT2D eigenvalue weighted by Gasteiger charge is -2.20. The van der Waals surface area contributed by atoms with Crippen molar-refractivity contribution in [3.8, 4) is 0 Å². The number of rotatable bonds is 7. The van der Waals surface area contributed by atoms with Crippen molar-refractivity contribution < 1.29 is 24.9 Å². The number of benzene rings is 1. The molecular weight excluding hydrogens is 308 g/mol. The molecule has 1 rings (SSSR count). The molecule has 0 radical (unpaired) electrons. The average Bonchev–Trinajstić information content (AvgIpc) is 2.59. The first-order valence-electron chi connectivity index (χ1n) is 8.10. The van der Waals surface area contributed by atoms with Crippen molar-refractivity contribution in [3.05, 3.63) is 34.4 Å². The van der Waals surface area contributed by atoms with E-state index in [4.69, 9.17) is 15.3 Å². The summed E-state index contributed by atoms with van der Waals surface area (Å²) in [5, 5.41) is 25.4. The molecule has 0 bridgehead atoms. The summed E-state index contributed by atoms with van der Waals surface area (Å²) < 4.78 is 0. The van der Waals surface area contributed by atoms with Crippen molar-refractivity contribution in [2.24, 2.45) is 5.41 Å². The van der Waals surface area contributed by atoms with E-state index in [-0.39, 0.29) is 31.7 Å². The number of hydrogen-bond donors (Lipinski definition) is 3. The highest BCUT2D eigenvalue weighted by Crippen LogP contribution is 2.26. The zero-order valence-electron chi connectivity index (χ0n) is 15.2. The van der Waals surface area contributed by atoms with E-state index in [2.05, 4.69) is 0 Å². The van der Waals surface area contributed by atoms with Gasteiger partial charge in [0.15, 0.2) is 0 Å². The highest BCUT2D eigenvalue weighted by molar-refractivity contribution is 5.84. The summed E-state index contributed by atoms with van der Waals surface area (Å²) in [7, 11) is 0. The van der Waals surface area contributed by atoms with E-state index in [9.17, 15) is 9.59 Å². The summed E-state index contributed by atoms with van der Waals surface area (Å²) in [6, 6.07) is 3.69. The van der Waals surface area contributed by atoms with Crippen LogP contribution in [0.15, 0.2) is 12.1 Å². The van der Waals surface area contributed by atoms with Gasteiger partial charge >= 0.3 is 0 Å². The number of carbonyl (C=O) groups excluding carboxylic acids is 2. The SMILES string of the molecule is CC(C)c1cc(C=O)c(C(C)C)cc1C=O.CC(CO)(CO)CO. The molecule has 136 valence electrons. The second-order valence-electron chi connectivity index (χ2n) is 6.94. The molecule has 0 spiro atoms. The second kappa shape index (κ2) is 10.3. The molecule has 0 aliphatic carbocycles. The van der Waals surface area contributed by atoms with E-state index in [1.807, 2.05) is 39.8 Å². The Morgan fingerprint density at radius 1 is 0.833 bits per heavy atom. The molecule has 3 N–H and O–H groups in total. The van der Waals surface area contributed by atoms with E-state index in [1.165, 1.54) is 0 Å². The number of aldehydes is 2. The average molecular weight is 338 g/mol. The van der Waals surface area contributed by atoms with E-state index < -0.39 is 5.41 Å². The Bertz CT molecular complexity index is 483. The zero-order chi connectivity index (χ0) is 18.9. The largest absolute Gasteiger partial charge is 0.396 e. The molecule has 1 aromatic rings. The van der Waals surface area contributed by atoms with Gasteiger partial charge in [-0.2, -0.15) is 0 Å². The predicted octanol–water partition coefficient (Wildman–Crippen LogP) is 2.53. The van der Waals surface area contributed by atoms with Crippen molar-refractivity contribution in [3.63, 3.8) is 0 Å². The van der Waals surface area contributed by atoms with Gasteiger partial charge in [-0.3, -0.25) is 9.59 Å². The first-order chi connectivity index (χ1) is 11.2. The van der Waals surface area contributed by atoms with E-state index in [0.29, 0.717) is 11.1 Å². The number of hydrogen-bond acceptors (Lipinski definition) is 5. The Kier molecular flexibility index (Phi) is 9.66. The third kappa shape index (κ3) is 6.15. The Balaban J connectivity index is 0.000000561. The summed E-state index contributed by atoms with van der Waals surface area (Å²) in [5.74, 6) is 0.500. The zero-order valence-corrected chi connectivity index (χ0v) is 15.2. The van der Waals surface area contributed by atoms with Gasteiger partial charge in [-0.15, -0.1) is 0 Å². The van der Waals surface area contributed by atoms with Gasteiger partial charge in [0.2, 0.25) is 0 Å². The molecule has 0 saturated heterocycles. The fourth-order valence-electron chi connectivity index (χ4n) is 2.02. The smallest absolute Gasteiger partial charge is 0.150 e. The molecule has 0 heterocycles. The molecule has 5 heteroatoms. The molecule has 0 aliphatic rings. The quantitative estimate of drug-likeness (QED) is 0.664. The normalized spacial score (nSPS) is 11.2. The first kappa shape index (κ1) is 22.4. The summed E-state index contributed by atoms with van der Waals surface area (Å²) in [5.41, 5.74) is 2.58. The van der Waals surface area contributed by atoms with Crippen LogP contribution >= 0.6 is 0 Å². The van der Waals surface area contributed by atoms with E-state index >= 15 is 0 Å². The minimum Gasteiger partial charge on any atom is -0.396 e. The van der Waals surface area contributed by atoms with Gasteiger partial charge in [0.25, 0.3) is 0 Å². The third-order valence-corrected chi connectivity index (χ3v) is 3.93. The summed E-state index contributed by atoms with van der Waals surface area (Å²) in [4.78, 5) is 22.0. The van der Waals surface area contributed by atoms with Crippen LogP contribution in [0.3, 0.4) is 0 Å². The second-order valence-corrected chi connectivity index (χ2v) is 6.94. The molecule has 0 fully saturated rings. The molecule has 0 atom stereocenters. The molecule has 5 nitrogen and oxygen atoms in total. The summed E-state index contributed by atoms with van der Waals surface area (Å²) in [6.45, 7) is 9.14. The maximum absolute atomic E-state index is 11.0. The van der Waals surface area contributed by atoms with Crippen molar-refractivity contribution in [1.29, 1.82) is 0 Å². The Morgan fingerprint density at radius 2 is 1.12 bits per heavy atom. The van der Waals surface area contributed by atoms with Crippen LogP contribution in [0.5, 0.6) is 0 Å². The molecule has 0 amide bonds. The Labute approximate surface area is 144 Å². The molecule has 1 aromatic carbocycles. The first-order valence-corrected chi connectivity index (χ1v) is 8.10. The van der Waals surface area contributed by atoms with Gasteiger partial charge in [-0.25, -0.2) is 0 Å². The fraction of sp³-hybridized carbons (Fsp3) is 0.579. The molecule has 0 aromatic heterocycles. The van der Waals surface area contributed by atoms with Crippen LogP contribution in [0.4, 0.5) is 0 Å². The van der Waals surface area contributed by atoms with Crippen molar-refractivity contribution in [1.82, 2.24) is 0 Å². The van der Waals surface area contributed by atoms with Gasteiger partial charge in [0.1, 0.15) is 12.6 Å². The van der Waals surface area contributed by atoms with Crippen molar-refractivity contribution in [2.45, 2.75) is 46.5 Å². The van der Waals surface area contributed by atoms with Gasteiger partial charge in [-0.1, -0.05) is 34.6 Å². The lowest BCUT2D eigenvalue weighted by Crippen LogP contribution is -2.29. The topological polar surface area (TPSA) is 94.8 Å². The van der Waals surface area contributed by atoms with Crippen LogP contribution in [0.1, 0.15) is 78.3 Å². The van der Waals surface area contributed by atoms with Gasteiger partial charge in [0.05, 0.1) is 19.8 Å². The summed E-state index contributed by atoms with van der Waals surface area (Å²) in [6.07, 6.45) is 1.74. The van der Waals surface area contributed by atoms with Crippen molar-refractivity contribution >= 4 is 12.6 Å². The highest BCUT2D eigenvalue weighted by Gasteiger charge is 2.20.